The van der Waals surface area contributed by atoms with Crippen LogP contribution in [0.4, 0.5) is 0 Å². The van der Waals surface area contributed by atoms with Crippen LogP contribution in [0.5, 0.6) is 0 Å². The Balaban J connectivity index is 3.32. The minimum absolute atomic E-state index is 0.613. The molecule has 0 aromatic carbocycles. The zero-order valence-electron chi connectivity index (χ0n) is 12.5. The Morgan fingerprint density at radius 2 is 1.71 bits per heavy atom. The van der Waals surface area contributed by atoms with Gasteiger partial charge in [-0.25, -0.2) is 0 Å². The fourth-order valence-corrected chi connectivity index (χ4v) is 1.98. The highest BCUT2D eigenvalue weighted by Gasteiger charge is 1.93. The highest BCUT2D eigenvalue weighted by Crippen LogP contribution is 2.11. The summed E-state index contributed by atoms with van der Waals surface area (Å²) in [5.41, 5.74) is 1.58. The van der Waals surface area contributed by atoms with Crippen LogP contribution < -0.4 is 5.32 Å². The molecule has 0 aromatic heterocycles. The van der Waals surface area contributed by atoms with E-state index < -0.39 is 0 Å². The SMILES string of the molecule is CCCCCCCCC(C)=CCCNC(C)C. The van der Waals surface area contributed by atoms with Crippen LogP contribution in [-0.4, -0.2) is 12.6 Å². The minimum Gasteiger partial charge on any atom is -0.314 e. The van der Waals surface area contributed by atoms with Gasteiger partial charge in [0.1, 0.15) is 0 Å². The van der Waals surface area contributed by atoms with Gasteiger partial charge in [-0.15, -0.1) is 0 Å². The van der Waals surface area contributed by atoms with Gasteiger partial charge in [-0.1, -0.05) is 64.5 Å². The van der Waals surface area contributed by atoms with Gasteiger partial charge in [-0.05, 0) is 32.7 Å². The minimum atomic E-state index is 0.613. The lowest BCUT2D eigenvalue weighted by Gasteiger charge is -2.06. The van der Waals surface area contributed by atoms with E-state index >= 15 is 0 Å². The second-order valence-electron chi connectivity index (χ2n) is 5.47. The summed E-state index contributed by atoms with van der Waals surface area (Å²) in [6, 6.07) is 0.613. The maximum atomic E-state index is 3.45. The average molecular weight is 239 g/mol. The van der Waals surface area contributed by atoms with E-state index in [2.05, 4.69) is 39.1 Å². The van der Waals surface area contributed by atoms with E-state index in [1.165, 1.54) is 51.4 Å². The van der Waals surface area contributed by atoms with Crippen molar-refractivity contribution in [3.63, 3.8) is 0 Å². The Kier molecular flexibility index (Phi) is 12.0. The van der Waals surface area contributed by atoms with Gasteiger partial charge in [0.25, 0.3) is 0 Å². The molecular formula is C16H33N. The van der Waals surface area contributed by atoms with Gasteiger partial charge in [0, 0.05) is 6.04 Å². The van der Waals surface area contributed by atoms with Crippen molar-refractivity contribution in [1.29, 1.82) is 0 Å². The standard InChI is InChI=1S/C16H33N/c1-5-6-7-8-9-10-12-16(4)13-11-14-17-15(2)3/h13,15,17H,5-12,14H2,1-4H3. The fraction of sp³-hybridized carbons (Fsp3) is 0.875. The van der Waals surface area contributed by atoms with Crippen molar-refractivity contribution < 1.29 is 0 Å². The van der Waals surface area contributed by atoms with E-state index in [1.807, 2.05) is 0 Å². The Labute approximate surface area is 109 Å². The third-order valence-corrected chi connectivity index (χ3v) is 3.11. The highest BCUT2D eigenvalue weighted by atomic mass is 14.9. The molecule has 0 heterocycles. The summed E-state index contributed by atoms with van der Waals surface area (Å²) in [7, 11) is 0. The molecule has 0 amide bonds. The van der Waals surface area contributed by atoms with E-state index in [4.69, 9.17) is 0 Å². The summed E-state index contributed by atoms with van der Waals surface area (Å²) in [5, 5.41) is 3.45. The molecule has 0 saturated heterocycles. The van der Waals surface area contributed by atoms with Crippen molar-refractivity contribution in [2.24, 2.45) is 0 Å². The maximum absolute atomic E-state index is 3.45. The van der Waals surface area contributed by atoms with Crippen LogP contribution >= 0.6 is 0 Å². The van der Waals surface area contributed by atoms with Crippen LogP contribution in [-0.2, 0) is 0 Å². The van der Waals surface area contributed by atoms with Crippen LogP contribution in [0.1, 0.15) is 79.1 Å². The number of nitrogens with one attached hydrogen (secondary N) is 1. The normalized spacial score (nSPS) is 12.4. The lowest BCUT2D eigenvalue weighted by Crippen LogP contribution is -2.23. The number of allylic oxidation sites excluding steroid dienone is 1. The lowest BCUT2D eigenvalue weighted by atomic mass is 10.1. The molecule has 0 bridgehead atoms. The topological polar surface area (TPSA) is 12.0 Å². The predicted octanol–water partition coefficient (Wildman–Crippen LogP) is 5.07. The molecule has 0 unspecified atom stereocenters. The molecule has 102 valence electrons. The van der Waals surface area contributed by atoms with Crippen LogP contribution in [0.2, 0.25) is 0 Å². The second-order valence-corrected chi connectivity index (χ2v) is 5.47. The molecule has 1 N–H and O–H groups in total. The fourth-order valence-electron chi connectivity index (χ4n) is 1.98. The first-order valence-corrected chi connectivity index (χ1v) is 7.55. The first kappa shape index (κ1) is 16.7. The van der Waals surface area contributed by atoms with Gasteiger partial charge in [-0.2, -0.15) is 0 Å². The van der Waals surface area contributed by atoms with Crippen LogP contribution in [0.15, 0.2) is 11.6 Å². The molecule has 0 spiro atoms. The molecule has 0 aliphatic carbocycles. The summed E-state index contributed by atoms with van der Waals surface area (Å²) in [5.74, 6) is 0. The summed E-state index contributed by atoms with van der Waals surface area (Å²) in [6.45, 7) is 10.1. The van der Waals surface area contributed by atoms with E-state index in [0.717, 1.165) is 6.54 Å². The largest absolute Gasteiger partial charge is 0.314 e. The molecule has 0 aromatic rings. The summed E-state index contributed by atoms with van der Waals surface area (Å²) < 4.78 is 0. The molecule has 0 saturated carbocycles. The average Bonchev–Trinajstić information content (AvgIpc) is 2.29. The quantitative estimate of drug-likeness (QED) is 0.392. The Hall–Kier alpha value is -0.300. The molecule has 0 fully saturated rings. The lowest BCUT2D eigenvalue weighted by molar-refractivity contribution is 0.591. The van der Waals surface area contributed by atoms with Crippen molar-refractivity contribution >= 4 is 0 Å². The molecule has 0 aliphatic heterocycles. The van der Waals surface area contributed by atoms with Crippen LogP contribution in [0, 0.1) is 0 Å². The van der Waals surface area contributed by atoms with Gasteiger partial charge in [0.15, 0.2) is 0 Å². The number of unbranched alkanes of at least 4 members (excludes halogenated alkanes) is 5. The molecule has 0 atom stereocenters. The van der Waals surface area contributed by atoms with Crippen molar-refractivity contribution in [3.05, 3.63) is 11.6 Å². The van der Waals surface area contributed by atoms with Gasteiger partial charge in [0.05, 0.1) is 0 Å². The number of hydrogen-bond donors (Lipinski definition) is 1. The molecule has 0 radical (unpaired) electrons. The molecule has 0 aliphatic rings. The molecule has 1 nitrogen and oxygen atoms in total. The second kappa shape index (κ2) is 12.2. The van der Waals surface area contributed by atoms with E-state index in [0.29, 0.717) is 6.04 Å². The molecule has 1 heteroatoms. The maximum Gasteiger partial charge on any atom is 0.00105 e. The van der Waals surface area contributed by atoms with Gasteiger partial charge >= 0.3 is 0 Å². The van der Waals surface area contributed by atoms with Gasteiger partial charge in [-0.3, -0.25) is 0 Å². The van der Waals surface area contributed by atoms with Crippen LogP contribution in [0.25, 0.3) is 0 Å². The van der Waals surface area contributed by atoms with Crippen molar-refractivity contribution in [2.75, 3.05) is 6.54 Å². The Morgan fingerprint density at radius 3 is 2.35 bits per heavy atom. The Morgan fingerprint density at radius 1 is 1.06 bits per heavy atom. The zero-order valence-corrected chi connectivity index (χ0v) is 12.5. The smallest absolute Gasteiger partial charge is 0.00105 e. The van der Waals surface area contributed by atoms with Crippen LogP contribution in [0.3, 0.4) is 0 Å². The predicted molar refractivity (Wildman–Crippen MR) is 79.5 cm³/mol. The number of rotatable bonds is 11. The first-order chi connectivity index (χ1) is 8.16. The van der Waals surface area contributed by atoms with Gasteiger partial charge < -0.3 is 5.32 Å². The van der Waals surface area contributed by atoms with Crippen molar-refractivity contribution in [2.45, 2.75) is 85.1 Å². The first-order valence-electron chi connectivity index (χ1n) is 7.55. The van der Waals surface area contributed by atoms with E-state index in [9.17, 15) is 0 Å². The zero-order chi connectivity index (χ0) is 12.9. The van der Waals surface area contributed by atoms with Crippen molar-refractivity contribution in [1.82, 2.24) is 5.32 Å². The Bertz CT molecular complexity index is 182. The third kappa shape index (κ3) is 13.6. The molecular weight excluding hydrogens is 206 g/mol. The van der Waals surface area contributed by atoms with E-state index in [-0.39, 0.29) is 0 Å². The summed E-state index contributed by atoms with van der Waals surface area (Å²) >= 11 is 0. The third-order valence-electron chi connectivity index (χ3n) is 3.11. The highest BCUT2D eigenvalue weighted by molar-refractivity contribution is 4.97. The van der Waals surface area contributed by atoms with E-state index in [1.54, 1.807) is 5.57 Å². The summed E-state index contributed by atoms with van der Waals surface area (Å²) in [6.07, 6.45) is 13.3. The molecule has 17 heavy (non-hydrogen) atoms. The van der Waals surface area contributed by atoms with Crippen molar-refractivity contribution in [3.8, 4) is 0 Å². The summed E-state index contributed by atoms with van der Waals surface area (Å²) in [4.78, 5) is 0. The monoisotopic (exact) mass is 239 g/mol. The molecule has 0 rings (SSSR count). The van der Waals surface area contributed by atoms with Gasteiger partial charge in [0.2, 0.25) is 0 Å². The number of hydrogen-bond acceptors (Lipinski definition) is 1.